The van der Waals surface area contributed by atoms with Crippen LogP contribution < -0.4 is 0 Å². The predicted molar refractivity (Wildman–Crippen MR) is 46.8 cm³/mol. The standard InChI is InChI=1S/C9H16O3/c1-4-5-6-7(2)12-9(11)8(3)10/h7,10H,3-6H2,1-2H3. The van der Waals surface area contributed by atoms with Crippen molar-refractivity contribution in [3.05, 3.63) is 12.3 Å². The fourth-order valence-electron chi connectivity index (χ4n) is 0.801. The first-order valence-corrected chi connectivity index (χ1v) is 4.16. The molecule has 70 valence electrons. The van der Waals surface area contributed by atoms with Crippen LogP contribution in [0.3, 0.4) is 0 Å². The van der Waals surface area contributed by atoms with Gasteiger partial charge in [-0.1, -0.05) is 19.8 Å². The number of aliphatic hydroxyl groups excluding tert-OH is 1. The van der Waals surface area contributed by atoms with Crippen LogP contribution in [0.1, 0.15) is 33.1 Å². The first-order chi connectivity index (χ1) is 5.57. The fraction of sp³-hybridized carbons (Fsp3) is 0.667. The second-order valence-electron chi connectivity index (χ2n) is 2.80. The molecule has 0 spiro atoms. The number of unbranched alkanes of at least 4 members (excludes halogenated alkanes) is 1. The number of hydrogen-bond donors (Lipinski definition) is 1. The van der Waals surface area contributed by atoms with Crippen molar-refractivity contribution in [2.24, 2.45) is 0 Å². The summed E-state index contributed by atoms with van der Waals surface area (Å²) in [4.78, 5) is 10.7. The number of carbonyl (C=O) groups is 1. The summed E-state index contributed by atoms with van der Waals surface area (Å²) < 4.78 is 4.83. The summed E-state index contributed by atoms with van der Waals surface area (Å²) in [5.41, 5.74) is 0. The Morgan fingerprint density at radius 1 is 1.67 bits per heavy atom. The molecule has 0 aliphatic carbocycles. The summed E-state index contributed by atoms with van der Waals surface area (Å²) in [6.07, 6.45) is 2.78. The lowest BCUT2D eigenvalue weighted by molar-refractivity contribution is -0.146. The van der Waals surface area contributed by atoms with E-state index in [-0.39, 0.29) is 6.10 Å². The van der Waals surface area contributed by atoms with Crippen molar-refractivity contribution in [2.45, 2.75) is 39.2 Å². The molecular weight excluding hydrogens is 156 g/mol. The molecule has 1 atom stereocenters. The van der Waals surface area contributed by atoms with Crippen LogP contribution in [0, 0.1) is 0 Å². The highest BCUT2D eigenvalue weighted by atomic mass is 16.6. The average molecular weight is 172 g/mol. The van der Waals surface area contributed by atoms with Crippen LogP contribution in [0.2, 0.25) is 0 Å². The minimum Gasteiger partial charge on any atom is -0.502 e. The lowest BCUT2D eigenvalue weighted by Crippen LogP contribution is -2.15. The number of ether oxygens (including phenoxy) is 1. The molecule has 0 fully saturated rings. The lowest BCUT2D eigenvalue weighted by atomic mass is 10.2. The van der Waals surface area contributed by atoms with Gasteiger partial charge >= 0.3 is 5.97 Å². The number of rotatable bonds is 5. The van der Waals surface area contributed by atoms with E-state index in [1.807, 2.05) is 0 Å². The van der Waals surface area contributed by atoms with Crippen LogP contribution >= 0.6 is 0 Å². The van der Waals surface area contributed by atoms with Gasteiger partial charge in [0.1, 0.15) is 0 Å². The Morgan fingerprint density at radius 3 is 2.67 bits per heavy atom. The minimum atomic E-state index is -0.724. The van der Waals surface area contributed by atoms with Crippen molar-refractivity contribution >= 4 is 5.97 Å². The van der Waals surface area contributed by atoms with Crippen molar-refractivity contribution in [3.63, 3.8) is 0 Å². The maximum Gasteiger partial charge on any atom is 0.372 e. The molecule has 0 aliphatic heterocycles. The Balaban J connectivity index is 3.61. The average Bonchev–Trinajstić information content (AvgIpc) is 2.00. The molecule has 0 heterocycles. The first kappa shape index (κ1) is 11.0. The molecule has 0 rings (SSSR count). The van der Waals surface area contributed by atoms with E-state index in [9.17, 15) is 4.79 Å². The summed E-state index contributed by atoms with van der Waals surface area (Å²) in [6, 6.07) is 0. The van der Waals surface area contributed by atoms with Crippen LogP contribution in [0.4, 0.5) is 0 Å². The number of aliphatic hydroxyl groups is 1. The molecule has 0 bridgehead atoms. The van der Waals surface area contributed by atoms with Gasteiger partial charge in [-0.15, -0.1) is 0 Å². The molecule has 3 heteroatoms. The van der Waals surface area contributed by atoms with Crippen molar-refractivity contribution in [3.8, 4) is 0 Å². The molecule has 0 aromatic heterocycles. The van der Waals surface area contributed by atoms with Gasteiger partial charge in [0.05, 0.1) is 6.10 Å². The Kier molecular flexibility index (Phi) is 5.17. The summed E-state index contributed by atoms with van der Waals surface area (Å²) in [7, 11) is 0. The van der Waals surface area contributed by atoms with E-state index in [1.54, 1.807) is 6.92 Å². The van der Waals surface area contributed by atoms with Gasteiger partial charge in [-0.05, 0) is 19.9 Å². The van der Waals surface area contributed by atoms with Crippen molar-refractivity contribution in [1.82, 2.24) is 0 Å². The van der Waals surface area contributed by atoms with Crippen LogP contribution in [-0.2, 0) is 9.53 Å². The van der Waals surface area contributed by atoms with E-state index >= 15 is 0 Å². The molecule has 0 saturated heterocycles. The highest BCUT2D eigenvalue weighted by Gasteiger charge is 2.10. The molecule has 0 aliphatic rings. The molecule has 1 unspecified atom stereocenters. The maximum atomic E-state index is 10.7. The molecule has 0 radical (unpaired) electrons. The summed E-state index contributed by atoms with van der Waals surface area (Å²) in [6.45, 7) is 6.94. The van der Waals surface area contributed by atoms with E-state index in [1.165, 1.54) is 0 Å². The van der Waals surface area contributed by atoms with E-state index in [4.69, 9.17) is 9.84 Å². The highest BCUT2D eigenvalue weighted by molar-refractivity contribution is 5.85. The Hall–Kier alpha value is -0.990. The van der Waals surface area contributed by atoms with E-state index in [0.29, 0.717) is 0 Å². The fourth-order valence-corrected chi connectivity index (χ4v) is 0.801. The molecule has 0 amide bonds. The first-order valence-electron chi connectivity index (χ1n) is 4.16. The zero-order valence-electron chi connectivity index (χ0n) is 7.67. The lowest BCUT2D eigenvalue weighted by Gasteiger charge is -2.11. The third-order valence-electron chi connectivity index (χ3n) is 1.51. The van der Waals surface area contributed by atoms with Gasteiger partial charge in [-0.25, -0.2) is 4.79 Å². The van der Waals surface area contributed by atoms with Crippen LogP contribution in [0.25, 0.3) is 0 Å². The largest absolute Gasteiger partial charge is 0.502 e. The van der Waals surface area contributed by atoms with E-state index in [2.05, 4.69) is 13.5 Å². The van der Waals surface area contributed by atoms with Gasteiger partial charge in [0.25, 0.3) is 0 Å². The molecule has 0 saturated carbocycles. The summed E-state index contributed by atoms with van der Waals surface area (Å²) >= 11 is 0. The second kappa shape index (κ2) is 5.63. The number of hydrogen-bond acceptors (Lipinski definition) is 3. The van der Waals surface area contributed by atoms with Crippen molar-refractivity contribution in [2.75, 3.05) is 0 Å². The molecule has 0 aromatic carbocycles. The van der Waals surface area contributed by atoms with Crippen molar-refractivity contribution < 1.29 is 14.6 Å². The molecule has 0 aromatic rings. The summed E-state index contributed by atoms with van der Waals surface area (Å²) in [5, 5.41) is 8.63. The van der Waals surface area contributed by atoms with Crippen LogP contribution in [-0.4, -0.2) is 17.2 Å². The Bertz CT molecular complexity index is 163. The van der Waals surface area contributed by atoms with E-state index < -0.39 is 11.7 Å². The van der Waals surface area contributed by atoms with Crippen LogP contribution in [0.15, 0.2) is 12.3 Å². The van der Waals surface area contributed by atoms with Gasteiger partial charge in [-0.2, -0.15) is 0 Å². The van der Waals surface area contributed by atoms with Gasteiger partial charge in [0.2, 0.25) is 0 Å². The van der Waals surface area contributed by atoms with Gasteiger partial charge in [0, 0.05) is 0 Å². The quantitative estimate of drug-likeness (QED) is 0.393. The maximum absolute atomic E-state index is 10.7. The molecule has 3 nitrogen and oxygen atoms in total. The zero-order chi connectivity index (χ0) is 9.56. The molecule has 1 N–H and O–H groups in total. The predicted octanol–water partition coefficient (Wildman–Crippen LogP) is 2.18. The smallest absolute Gasteiger partial charge is 0.372 e. The van der Waals surface area contributed by atoms with Gasteiger partial charge in [-0.3, -0.25) is 0 Å². The van der Waals surface area contributed by atoms with Crippen molar-refractivity contribution in [1.29, 1.82) is 0 Å². The monoisotopic (exact) mass is 172 g/mol. The molecular formula is C9H16O3. The topological polar surface area (TPSA) is 46.5 Å². The summed E-state index contributed by atoms with van der Waals surface area (Å²) in [5.74, 6) is -1.25. The third kappa shape index (κ3) is 4.77. The number of carbonyl (C=O) groups excluding carboxylic acids is 1. The second-order valence-corrected chi connectivity index (χ2v) is 2.80. The Labute approximate surface area is 73.0 Å². The highest BCUT2D eigenvalue weighted by Crippen LogP contribution is 2.05. The SMILES string of the molecule is C=C(O)C(=O)OC(C)CCCC. The zero-order valence-corrected chi connectivity index (χ0v) is 7.67. The molecule has 12 heavy (non-hydrogen) atoms. The Morgan fingerprint density at radius 2 is 2.25 bits per heavy atom. The minimum absolute atomic E-state index is 0.138. The van der Waals surface area contributed by atoms with Gasteiger partial charge < -0.3 is 9.84 Å². The number of esters is 1. The normalized spacial score (nSPS) is 12.2. The van der Waals surface area contributed by atoms with Crippen LogP contribution in [0.5, 0.6) is 0 Å². The van der Waals surface area contributed by atoms with E-state index in [0.717, 1.165) is 19.3 Å². The van der Waals surface area contributed by atoms with Gasteiger partial charge in [0.15, 0.2) is 5.76 Å². The third-order valence-corrected chi connectivity index (χ3v) is 1.51.